The van der Waals surface area contributed by atoms with Gasteiger partial charge in [0.15, 0.2) is 0 Å². The van der Waals surface area contributed by atoms with Gasteiger partial charge in [-0.2, -0.15) is 0 Å². The number of aromatic amines is 1. The largest absolute Gasteiger partial charge is 0.507 e. The minimum atomic E-state index is -0.138. The molecule has 1 aliphatic rings. The van der Waals surface area contributed by atoms with Crippen molar-refractivity contribution in [1.29, 1.82) is 0 Å². The Bertz CT molecular complexity index is 942. The molecule has 0 atom stereocenters. The van der Waals surface area contributed by atoms with Crippen LogP contribution < -0.4 is 0 Å². The molecule has 0 fully saturated rings. The number of nitrogens with one attached hydrogen (secondary N) is 1. The fourth-order valence-corrected chi connectivity index (χ4v) is 3.12. The minimum absolute atomic E-state index is 0.0260. The minimum Gasteiger partial charge on any atom is -0.507 e. The second-order valence-corrected chi connectivity index (χ2v) is 5.85. The first-order chi connectivity index (χ1) is 11.7. The highest BCUT2D eigenvalue weighted by molar-refractivity contribution is 5.97. The van der Waals surface area contributed by atoms with Crippen LogP contribution in [0.2, 0.25) is 0 Å². The van der Waals surface area contributed by atoms with Crippen LogP contribution in [0.3, 0.4) is 0 Å². The maximum absolute atomic E-state index is 12.5. The van der Waals surface area contributed by atoms with Crippen LogP contribution in [-0.4, -0.2) is 39.0 Å². The van der Waals surface area contributed by atoms with E-state index in [4.69, 9.17) is 0 Å². The average Bonchev–Trinajstić information content (AvgIpc) is 3.06. The highest BCUT2D eigenvalue weighted by Crippen LogP contribution is 2.29. The molecule has 0 bridgehead atoms. The first-order valence-electron chi connectivity index (χ1n) is 7.93. The van der Waals surface area contributed by atoms with Gasteiger partial charge in [-0.1, -0.05) is 18.2 Å². The van der Waals surface area contributed by atoms with Gasteiger partial charge >= 0.3 is 0 Å². The molecule has 2 N–H and O–H groups in total. The summed E-state index contributed by atoms with van der Waals surface area (Å²) in [6.07, 6.45) is 6.60. The van der Waals surface area contributed by atoms with Crippen LogP contribution in [-0.2, 0) is 0 Å². The molecule has 0 saturated heterocycles. The number of aromatic hydroxyl groups is 1. The highest BCUT2D eigenvalue weighted by atomic mass is 16.3. The number of phenols is 1. The summed E-state index contributed by atoms with van der Waals surface area (Å²) in [4.78, 5) is 22.0. The summed E-state index contributed by atoms with van der Waals surface area (Å²) < 4.78 is 0. The Labute approximate surface area is 139 Å². The fraction of sp³-hybridized carbons (Fsp3) is 0.158. The van der Waals surface area contributed by atoms with E-state index < -0.39 is 0 Å². The monoisotopic (exact) mass is 319 g/mol. The van der Waals surface area contributed by atoms with Gasteiger partial charge in [0.05, 0.1) is 16.6 Å². The summed E-state index contributed by atoms with van der Waals surface area (Å²) in [5.74, 6) is -0.112. The molecule has 1 aromatic carbocycles. The maximum Gasteiger partial charge on any atom is 0.257 e. The van der Waals surface area contributed by atoms with Crippen molar-refractivity contribution in [3.05, 3.63) is 66.0 Å². The first-order valence-corrected chi connectivity index (χ1v) is 7.93. The van der Waals surface area contributed by atoms with Crippen LogP contribution in [0.1, 0.15) is 22.3 Å². The van der Waals surface area contributed by atoms with Crippen molar-refractivity contribution >= 4 is 22.5 Å². The second kappa shape index (κ2) is 5.85. The fourth-order valence-electron chi connectivity index (χ4n) is 3.12. The third-order valence-corrected chi connectivity index (χ3v) is 4.41. The van der Waals surface area contributed by atoms with Gasteiger partial charge in [-0.3, -0.25) is 9.78 Å². The molecule has 5 nitrogen and oxygen atoms in total. The summed E-state index contributed by atoms with van der Waals surface area (Å²) in [6.45, 7) is 1.15. The van der Waals surface area contributed by atoms with Crippen molar-refractivity contribution in [3.63, 3.8) is 0 Å². The predicted octanol–water partition coefficient (Wildman–Crippen LogP) is 3.20. The number of benzene rings is 1. The Kier molecular flexibility index (Phi) is 3.54. The van der Waals surface area contributed by atoms with E-state index in [2.05, 4.69) is 16.0 Å². The Hall–Kier alpha value is -3.08. The first kappa shape index (κ1) is 14.5. The number of rotatable bonds is 2. The van der Waals surface area contributed by atoms with Gasteiger partial charge < -0.3 is 15.0 Å². The van der Waals surface area contributed by atoms with Gasteiger partial charge in [-0.25, -0.2) is 0 Å². The number of phenolic OH excluding ortho intramolecular Hbond substituents is 1. The van der Waals surface area contributed by atoms with Crippen LogP contribution in [0, 0.1) is 0 Å². The number of H-pyrrole nitrogens is 1. The van der Waals surface area contributed by atoms with Crippen LogP contribution in [0.15, 0.2) is 54.9 Å². The van der Waals surface area contributed by atoms with Crippen molar-refractivity contribution in [3.8, 4) is 5.75 Å². The molecule has 0 unspecified atom stereocenters. The van der Waals surface area contributed by atoms with Crippen molar-refractivity contribution in [2.75, 3.05) is 13.1 Å². The molecule has 0 radical (unpaired) electrons. The van der Waals surface area contributed by atoms with Gasteiger partial charge in [0.25, 0.3) is 5.91 Å². The second-order valence-electron chi connectivity index (χ2n) is 5.85. The smallest absolute Gasteiger partial charge is 0.257 e. The summed E-state index contributed by atoms with van der Waals surface area (Å²) in [6, 6.07) is 10.6. The molecule has 1 amide bonds. The molecule has 3 aromatic rings. The predicted molar refractivity (Wildman–Crippen MR) is 92.7 cm³/mol. The van der Waals surface area contributed by atoms with E-state index in [0.29, 0.717) is 18.7 Å². The van der Waals surface area contributed by atoms with Gasteiger partial charge in [0, 0.05) is 31.0 Å². The van der Waals surface area contributed by atoms with Crippen LogP contribution in [0.4, 0.5) is 0 Å². The van der Waals surface area contributed by atoms with Gasteiger partial charge in [0.2, 0.25) is 0 Å². The number of hydrogen-bond acceptors (Lipinski definition) is 3. The molecule has 3 heterocycles. The van der Waals surface area contributed by atoms with Gasteiger partial charge in [-0.05, 0) is 36.3 Å². The van der Waals surface area contributed by atoms with E-state index in [9.17, 15) is 9.90 Å². The number of hydrogen-bond donors (Lipinski definition) is 2. The molecule has 4 rings (SSSR count). The van der Waals surface area contributed by atoms with E-state index in [-0.39, 0.29) is 11.7 Å². The van der Waals surface area contributed by atoms with Crippen molar-refractivity contribution in [2.45, 2.75) is 6.42 Å². The summed E-state index contributed by atoms with van der Waals surface area (Å²) in [7, 11) is 0. The zero-order valence-electron chi connectivity index (χ0n) is 13.1. The van der Waals surface area contributed by atoms with Crippen molar-refractivity contribution in [1.82, 2.24) is 14.9 Å². The van der Waals surface area contributed by atoms with Gasteiger partial charge in [0.1, 0.15) is 5.75 Å². The molecule has 0 saturated carbocycles. The van der Waals surface area contributed by atoms with E-state index in [1.165, 1.54) is 11.6 Å². The number of aromatic nitrogens is 2. The number of pyridine rings is 1. The molecule has 120 valence electrons. The lowest BCUT2D eigenvalue weighted by atomic mass is 10.0. The number of fused-ring (bicyclic) bond motifs is 1. The Morgan fingerprint density at radius 2 is 2.08 bits per heavy atom. The molecule has 24 heavy (non-hydrogen) atoms. The highest BCUT2D eigenvalue weighted by Gasteiger charge is 2.22. The van der Waals surface area contributed by atoms with Crippen molar-refractivity contribution < 1.29 is 9.90 Å². The van der Waals surface area contributed by atoms with E-state index >= 15 is 0 Å². The third-order valence-electron chi connectivity index (χ3n) is 4.41. The van der Waals surface area contributed by atoms with Crippen LogP contribution >= 0.6 is 0 Å². The summed E-state index contributed by atoms with van der Waals surface area (Å²) in [5.41, 5.74) is 4.62. The molecule has 0 aliphatic carbocycles. The molecule has 0 spiro atoms. The zero-order chi connectivity index (χ0) is 16.5. The number of para-hydroxylation sites is 1. The number of amides is 1. The number of carbonyl (C=O) groups is 1. The third kappa shape index (κ3) is 2.44. The Morgan fingerprint density at radius 1 is 1.21 bits per heavy atom. The van der Waals surface area contributed by atoms with E-state index in [0.717, 1.165) is 23.0 Å². The average molecular weight is 319 g/mol. The SMILES string of the molecule is O=C(c1ccccc1O)N1CC=C(c2c[nH]c3cccnc23)CC1. The number of nitrogens with zero attached hydrogens (tertiary/aromatic N) is 2. The molecule has 2 aromatic heterocycles. The van der Waals surface area contributed by atoms with E-state index in [1.807, 2.05) is 18.3 Å². The summed E-state index contributed by atoms with van der Waals surface area (Å²) in [5, 5.41) is 9.86. The standard InChI is InChI=1S/C19H17N3O2/c23-17-6-2-1-4-14(17)19(24)22-10-7-13(8-11-22)15-12-21-16-5-3-9-20-18(15)16/h1-7,9,12,21,23H,8,10-11H2. The maximum atomic E-state index is 12.5. The Morgan fingerprint density at radius 3 is 2.88 bits per heavy atom. The van der Waals surface area contributed by atoms with Crippen molar-refractivity contribution in [2.24, 2.45) is 0 Å². The molecular formula is C19H17N3O2. The normalized spacial score (nSPS) is 14.7. The van der Waals surface area contributed by atoms with Gasteiger partial charge in [-0.15, -0.1) is 0 Å². The molecule has 1 aliphatic heterocycles. The zero-order valence-corrected chi connectivity index (χ0v) is 13.1. The Balaban J connectivity index is 1.57. The lowest BCUT2D eigenvalue weighted by molar-refractivity contribution is 0.0770. The van der Waals surface area contributed by atoms with Crippen LogP contribution in [0.25, 0.3) is 16.6 Å². The molecular weight excluding hydrogens is 302 g/mol. The molecule has 5 heteroatoms. The lowest BCUT2D eigenvalue weighted by Crippen LogP contribution is -2.34. The topological polar surface area (TPSA) is 69.2 Å². The number of carbonyl (C=O) groups excluding carboxylic acids is 1. The lowest BCUT2D eigenvalue weighted by Gasteiger charge is -2.26. The quantitative estimate of drug-likeness (QED) is 0.762. The summed E-state index contributed by atoms with van der Waals surface area (Å²) >= 11 is 0. The van der Waals surface area contributed by atoms with E-state index in [1.54, 1.807) is 29.3 Å². The van der Waals surface area contributed by atoms with Crippen LogP contribution in [0.5, 0.6) is 5.75 Å².